The van der Waals surface area contributed by atoms with Crippen LogP contribution < -0.4 is 21.2 Å². The molecule has 8 aromatic carbocycles. The summed E-state index contributed by atoms with van der Waals surface area (Å²) in [6.45, 7) is 0. The Labute approximate surface area is 290 Å². The first-order chi connectivity index (χ1) is 24.3. The molecule has 0 atom stereocenters. The molecule has 0 aliphatic carbocycles. The number of hydrogen-bond donors (Lipinski definition) is 0. The zero-order chi connectivity index (χ0) is 32.9. The molecule has 49 heavy (non-hydrogen) atoms. The summed E-state index contributed by atoms with van der Waals surface area (Å²) >= 11 is 0. The van der Waals surface area contributed by atoms with Crippen molar-refractivity contribution in [2.45, 2.75) is 0 Å². The van der Waals surface area contributed by atoms with Crippen molar-refractivity contribution in [1.29, 1.82) is 0 Å². The van der Waals surface area contributed by atoms with Gasteiger partial charge in [0, 0.05) is 0 Å². The zero-order valence-corrected chi connectivity index (χ0v) is 28.3. The van der Waals surface area contributed by atoms with E-state index in [0.717, 1.165) is 0 Å². The molecule has 0 saturated heterocycles. The van der Waals surface area contributed by atoms with Crippen molar-refractivity contribution in [3.8, 4) is 44.5 Å². The van der Waals surface area contributed by atoms with Gasteiger partial charge >= 0.3 is 291 Å². The molecule has 0 aliphatic heterocycles. The molecule has 0 aromatic heterocycles. The summed E-state index contributed by atoms with van der Waals surface area (Å²) < 4.78 is 0. The van der Waals surface area contributed by atoms with Crippen LogP contribution in [0.3, 0.4) is 0 Å². The van der Waals surface area contributed by atoms with Crippen LogP contribution in [0.4, 0.5) is 0 Å². The van der Waals surface area contributed by atoms with Crippen molar-refractivity contribution in [2.75, 3.05) is 0 Å². The van der Waals surface area contributed by atoms with Crippen LogP contribution in [0.5, 0.6) is 0 Å². The van der Waals surface area contributed by atoms with Gasteiger partial charge in [-0.15, -0.1) is 0 Å². The molecule has 0 spiro atoms. The van der Waals surface area contributed by atoms with Gasteiger partial charge in [0.15, 0.2) is 0 Å². The Kier molecular flexibility index (Phi) is 8.55. The Balaban J connectivity index is 1.35. The fraction of sp³-hybridized carbons (Fsp3) is 0. The Bertz CT molecular complexity index is 1900. The Hall–Kier alpha value is -5.81. The predicted octanol–water partition coefficient (Wildman–Crippen LogP) is 10.7. The summed E-state index contributed by atoms with van der Waals surface area (Å²) in [7, 11) is -2.80. The monoisotopic (exact) mass is 644 g/mol. The normalized spacial score (nSPS) is 11.6. The topological polar surface area (TPSA) is 0 Å². The van der Waals surface area contributed by atoms with Crippen LogP contribution in [-0.4, -0.2) is 0 Å². The molecule has 0 heterocycles. The molecule has 8 aromatic rings. The molecular formula is C48H37P. The molecule has 0 unspecified atom stereocenters. The van der Waals surface area contributed by atoms with Gasteiger partial charge in [-0.25, -0.2) is 0 Å². The van der Waals surface area contributed by atoms with Gasteiger partial charge in [0.2, 0.25) is 0 Å². The van der Waals surface area contributed by atoms with E-state index in [4.69, 9.17) is 0 Å². The molecule has 0 nitrogen and oxygen atoms in total. The fourth-order valence-corrected chi connectivity index (χ4v) is 11.8. The predicted molar refractivity (Wildman–Crippen MR) is 214 cm³/mol. The fourth-order valence-electron chi connectivity index (χ4n) is 7.17. The summed E-state index contributed by atoms with van der Waals surface area (Å²) in [5, 5.41) is 5.44. The molecule has 0 aliphatic rings. The van der Waals surface area contributed by atoms with E-state index >= 15 is 0 Å². The van der Waals surface area contributed by atoms with Crippen LogP contribution in [0.25, 0.3) is 44.5 Å². The first kappa shape index (κ1) is 30.5. The van der Waals surface area contributed by atoms with Gasteiger partial charge in [-0.2, -0.15) is 0 Å². The van der Waals surface area contributed by atoms with E-state index < -0.39 is 7.26 Å². The molecule has 0 radical (unpaired) electrons. The van der Waals surface area contributed by atoms with E-state index in [1.807, 2.05) is 0 Å². The third-order valence-electron chi connectivity index (χ3n) is 9.70. The molecule has 1 heteroatoms. The standard InChI is InChI=1S/C48H37P/c1-5-13-37(14-6-1)41-21-29-45(30-22-41)49(46-31-23-42(24-32-46)38-15-7-2-8-16-38,47-33-25-43(26-34-47)39-17-9-3-10-18-39)48-35-27-44(28-36-48)40-19-11-4-12-20-40/h1-36,49H. The van der Waals surface area contributed by atoms with Crippen molar-refractivity contribution in [2.24, 2.45) is 0 Å². The van der Waals surface area contributed by atoms with Crippen molar-refractivity contribution >= 4 is 28.5 Å². The molecule has 0 N–H and O–H groups in total. The van der Waals surface area contributed by atoms with E-state index in [-0.39, 0.29) is 0 Å². The van der Waals surface area contributed by atoms with Crippen LogP contribution in [0, 0.1) is 0 Å². The van der Waals surface area contributed by atoms with Crippen molar-refractivity contribution in [3.63, 3.8) is 0 Å². The van der Waals surface area contributed by atoms with Crippen molar-refractivity contribution < 1.29 is 0 Å². The summed E-state index contributed by atoms with van der Waals surface area (Å²) in [5.41, 5.74) is 9.83. The first-order valence-corrected chi connectivity index (χ1v) is 18.9. The molecule has 0 saturated carbocycles. The second kappa shape index (κ2) is 13.7. The Morgan fingerprint density at radius 2 is 0.327 bits per heavy atom. The van der Waals surface area contributed by atoms with E-state index in [1.165, 1.54) is 65.7 Å². The first-order valence-electron chi connectivity index (χ1n) is 16.9. The maximum atomic E-state index is 2.38. The molecular weight excluding hydrogens is 608 g/mol. The minimum atomic E-state index is -2.80. The van der Waals surface area contributed by atoms with E-state index in [1.54, 1.807) is 0 Å². The van der Waals surface area contributed by atoms with Crippen molar-refractivity contribution in [1.82, 2.24) is 0 Å². The summed E-state index contributed by atoms with van der Waals surface area (Å²) in [5.74, 6) is 0. The van der Waals surface area contributed by atoms with Gasteiger partial charge in [0.25, 0.3) is 0 Å². The zero-order valence-electron chi connectivity index (χ0n) is 27.3. The average molecular weight is 645 g/mol. The SMILES string of the molecule is c1ccc(-c2ccc([PH](c3ccc(-c4ccccc4)cc3)(c3ccc(-c4ccccc4)cc3)c3ccc(-c4ccccc4)cc3)cc2)cc1. The average Bonchev–Trinajstić information content (AvgIpc) is 3.20. The molecule has 234 valence electrons. The third-order valence-corrected chi connectivity index (χ3v) is 14.5. The van der Waals surface area contributed by atoms with Crippen LogP contribution in [0.15, 0.2) is 218 Å². The maximum absolute atomic E-state index is 2.80. The van der Waals surface area contributed by atoms with E-state index in [2.05, 4.69) is 218 Å². The van der Waals surface area contributed by atoms with Crippen molar-refractivity contribution in [3.05, 3.63) is 218 Å². The Morgan fingerprint density at radius 1 is 0.163 bits per heavy atom. The minimum absolute atomic E-state index is 1.23. The summed E-state index contributed by atoms with van der Waals surface area (Å²) in [6, 6.07) is 80.2. The van der Waals surface area contributed by atoms with E-state index in [9.17, 15) is 0 Å². The number of hydrogen-bond acceptors (Lipinski definition) is 0. The summed E-state index contributed by atoms with van der Waals surface area (Å²) in [4.78, 5) is 0. The Morgan fingerprint density at radius 3 is 0.510 bits per heavy atom. The second-order valence-corrected chi connectivity index (χ2v) is 16.3. The van der Waals surface area contributed by atoms with Gasteiger partial charge in [-0.3, -0.25) is 0 Å². The summed E-state index contributed by atoms with van der Waals surface area (Å²) in [6.07, 6.45) is 0. The molecule has 0 amide bonds. The van der Waals surface area contributed by atoms with Gasteiger partial charge in [-0.05, 0) is 0 Å². The van der Waals surface area contributed by atoms with Crippen LogP contribution in [0.1, 0.15) is 0 Å². The number of rotatable bonds is 8. The molecule has 0 fully saturated rings. The van der Waals surface area contributed by atoms with Gasteiger partial charge in [0.05, 0.1) is 0 Å². The van der Waals surface area contributed by atoms with Crippen LogP contribution >= 0.6 is 7.26 Å². The molecule has 8 rings (SSSR count). The molecule has 0 bridgehead atoms. The second-order valence-electron chi connectivity index (χ2n) is 12.5. The van der Waals surface area contributed by atoms with E-state index in [0.29, 0.717) is 0 Å². The van der Waals surface area contributed by atoms with Crippen LogP contribution in [-0.2, 0) is 0 Å². The van der Waals surface area contributed by atoms with Crippen LogP contribution in [0.2, 0.25) is 0 Å². The quantitative estimate of drug-likeness (QED) is 0.144. The van der Waals surface area contributed by atoms with Gasteiger partial charge < -0.3 is 0 Å². The van der Waals surface area contributed by atoms with Gasteiger partial charge in [-0.1, -0.05) is 0 Å². The number of benzene rings is 8. The third kappa shape index (κ3) is 6.04. The van der Waals surface area contributed by atoms with Gasteiger partial charge in [0.1, 0.15) is 0 Å².